The molecule has 0 aromatic heterocycles. The lowest BCUT2D eigenvalue weighted by Gasteiger charge is -2.21. The number of carboxylic acids is 1. The summed E-state index contributed by atoms with van der Waals surface area (Å²) in [4.78, 5) is 20.7. The summed E-state index contributed by atoms with van der Waals surface area (Å²) in [7, 11) is 0. The Hall–Kier alpha value is -1.32. The van der Waals surface area contributed by atoms with Crippen LogP contribution in [0, 0.1) is 5.92 Å². The maximum absolute atomic E-state index is 11.7. The second-order valence-corrected chi connectivity index (χ2v) is 6.27. The predicted octanol–water partition coefficient (Wildman–Crippen LogP) is 3.95. The van der Waals surface area contributed by atoms with Crippen LogP contribution in [0.1, 0.15) is 66.7 Å². The molecule has 0 aliphatic heterocycles. The molecule has 1 rings (SSSR count). The molecule has 0 amide bonds. The van der Waals surface area contributed by atoms with E-state index in [2.05, 4.69) is 6.08 Å². The summed E-state index contributed by atoms with van der Waals surface area (Å²) in [6.45, 7) is 8.65. The summed E-state index contributed by atoms with van der Waals surface area (Å²) in [5.41, 5.74) is 0.375. The van der Waals surface area contributed by atoms with Gasteiger partial charge in [0.05, 0.1) is 0 Å². The third-order valence-corrected chi connectivity index (χ3v) is 2.86. The van der Waals surface area contributed by atoms with Crippen molar-refractivity contribution in [3.63, 3.8) is 0 Å². The van der Waals surface area contributed by atoms with E-state index < -0.39 is 11.6 Å². The molecule has 0 aromatic rings. The zero-order valence-electron chi connectivity index (χ0n) is 13.4. The molecule has 0 heterocycles. The monoisotopic (exact) mass is 284 g/mol. The lowest BCUT2D eigenvalue weighted by molar-refractivity contribution is -0.149. The molecule has 0 unspecified atom stereocenters. The summed E-state index contributed by atoms with van der Waals surface area (Å²) in [6, 6.07) is 0. The fourth-order valence-corrected chi connectivity index (χ4v) is 2.08. The average molecular weight is 284 g/mol. The summed E-state index contributed by atoms with van der Waals surface area (Å²) in [6.07, 6.45) is 8.48. The summed E-state index contributed by atoms with van der Waals surface area (Å²) >= 11 is 0. The molecule has 0 atom stereocenters. The van der Waals surface area contributed by atoms with Gasteiger partial charge in [-0.2, -0.15) is 0 Å². The van der Waals surface area contributed by atoms with Gasteiger partial charge >= 0.3 is 5.97 Å². The van der Waals surface area contributed by atoms with Gasteiger partial charge in [-0.1, -0.05) is 25.3 Å². The van der Waals surface area contributed by atoms with Gasteiger partial charge in [0, 0.05) is 12.5 Å². The van der Waals surface area contributed by atoms with Crippen LogP contribution in [-0.2, 0) is 14.3 Å². The van der Waals surface area contributed by atoms with Gasteiger partial charge in [-0.3, -0.25) is 4.79 Å². The van der Waals surface area contributed by atoms with Crippen LogP contribution in [0.3, 0.4) is 0 Å². The van der Waals surface area contributed by atoms with E-state index in [1.54, 1.807) is 0 Å². The standard InChI is InChI=1S/C14H24O2.C2H4O2/c1-11(13(15)16-14(2,3)4)10-12-8-6-5-7-9-12;1-2(3)4/h10,12H,5-9H2,1-4H3;1H3,(H,3,4). The number of carboxylic acid groups (broad SMARTS) is 1. The Morgan fingerprint density at radius 3 is 1.95 bits per heavy atom. The van der Waals surface area contributed by atoms with Crippen molar-refractivity contribution in [2.24, 2.45) is 5.92 Å². The van der Waals surface area contributed by atoms with Crippen molar-refractivity contribution in [3.05, 3.63) is 11.6 Å². The third-order valence-electron chi connectivity index (χ3n) is 2.86. The van der Waals surface area contributed by atoms with Crippen molar-refractivity contribution in [1.29, 1.82) is 0 Å². The molecule has 0 bridgehead atoms. The topological polar surface area (TPSA) is 63.6 Å². The zero-order valence-corrected chi connectivity index (χ0v) is 13.4. The highest BCUT2D eigenvalue weighted by Crippen LogP contribution is 2.26. The largest absolute Gasteiger partial charge is 0.481 e. The van der Waals surface area contributed by atoms with Crippen LogP contribution in [0.15, 0.2) is 11.6 Å². The molecule has 4 nitrogen and oxygen atoms in total. The highest BCUT2D eigenvalue weighted by atomic mass is 16.6. The van der Waals surface area contributed by atoms with Crippen LogP contribution >= 0.6 is 0 Å². The number of rotatable bonds is 2. The fourth-order valence-electron chi connectivity index (χ4n) is 2.08. The van der Waals surface area contributed by atoms with E-state index in [9.17, 15) is 4.79 Å². The molecule has 1 aliphatic rings. The number of allylic oxidation sites excluding steroid dienone is 1. The lowest BCUT2D eigenvalue weighted by Crippen LogP contribution is -2.24. The lowest BCUT2D eigenvalue weighted by atomic mass is 9.88. The minimum absolute atomic E-state index is 0.168. The van der Waals surface area contributed by atoms with Crippen molar-refractivity contribution < 1.29 is 19.4 Å². The van der Waals surface area contributed by atoms with E-state index in [1.807, 2.05) is 27.7 Å². The van der Waals surface area contributed by atoms with Crippen molar-refractivity contribution >= 4 is 11.9 Å². The Morgan fingerprint density at radius 1 is 1.10 bits per heavy atom. The van der Waals surface area contributed by atoms with Crippen LogP contribution < -0.4 is 0 Å². The Labute approximate surface area is 122 Å². The van der Waals surface area contributed by atoms with E-state index in [-0.39, 0.29) is 5.97 Å². The second kappa shape index (κ2) is 8.77. The van der Waals surface area contributed by atoms with E-state index in [0.29, 0.717) is 5.92 Å². The molecule has 0 radical (unpaired) electrons. The number of hydrogen-bond donors (Lipinski definition) is 1. The Bertz CT molecular complexity index is 340. The van der Waals surface area contributed by atoms with Gasteiger partial charge in [-0.25, -0.2) is 4.79 Å². The smallest absolute Gasteiger partial charge is 0.333 e. The summed E-state index contributed by atoms with van der Waals surface area (Å²) in [5.74, 6) is -0.417. The van der Waals surface area contributed by atoms with Crippen LogP contribution in [0.25, 0.3) is 0 Å². The van der Waals surface area contributed by atoms with Gasteiger partial charge in [0.1, 0.15) is 5.60 Å². The first-order chi connectivity index (χ1) is 9.11. The minimum Gasteiger partial charge on any atom is -0.481 e. The quantitative estimate of drug-likeness (QED) is 0.616. The van der Waals surface area contributed by atoms with Crippen molar-refractivity contribution in [1.82, 2.24) is 0 Å². The first-order valence-corrected chi connectivity index (χ1v) is 7.23. The van der Waals surface area contributed by atoms with Gasteiger partial charge in [0.15, 0.2) is 0 Å². The van der Waals surface area contributed by atoms with Crippen molar-refractivity contribution in [3.8, 4) is 0 Å². The van der Waals surface area contributed by atoms with Gasteiger partial charge in [-0.05, 0) is 46.5 Å². The second-order valence-electron chi connectivity index (χ2n) is 6.27. The molecule has 4 heteroatoms. The average Bonchev–Trinajstić information content (AvgIpc) is 2.27. The van der Waals surface area contributed by atoms with Crippen LogP contribution in [0.2, 0.25) is 0 Å². The first-order valence-electron chi connectivity index (χ1n) is 7.23. The Morgan fingerprint density at radius 2 is 1.55 bits per heavy atom. The maximum atomic E-state index is 11.7. The number of ether oxygens (including phenoxy) is 1. The number of esters is 1. The molecule has 116 valence electrons. The van der Waals surface area contributed by atoms with Crippen molar-refractivity contribution in [2.45, 2.75) is 72.3 Å². The zero-order chi connectivity index (χ0) is 15.8. The van der Waals surface area contributed by atoms with Crippen molar-refractivity contribution in [2.75, 3.05) is 0 Å². The molecule has 20 heavy (non-hydrogen) atoms. The molecule has 1 saturated carbocycles. The third kappa shape index (κ3) is 10.6. The van der Waals surface area contributed by atoms with Gasteiger partial charge in [0.25, 0.3) is 5.97 Å². The number of aliphatic carboxylic acids is 1. The number of carbonyl (C=O) groups excluding carboxylic acids is 1. The highest BCUT2D eigenvalue weighted by molar-refractivity contribution is 5.88. The Balaban J connectivity index is 0.000000796. The molecule has 1 aliphatic carbocycles. The summed E-state index contributed by atoms with van der Waals surface area (Å²) in [5, 5.41) is 7.42. The van der Waals surface area contributed by atoms with Crippen LogP contribution in [-0.4, -0.2) is 22.6 Å². The number of hydrogen-bond acceptors (Lipinski definition) is 3. The maximum Gasteiger partial charge on any atom is 0.333 e. The molecular weight excluding hydrogens is 256 g/mol. The van der Waals surface area contributed by atoms with Crippen LogP contribution in [0.5, 0.6) is 0 Å². The van der Waals surface area contributed by atoms with E-state index in [1.165, 1.54) is 32.1 Å². The molecule has 1 N–H and O–H groups in total. The predicted molar refractivity (Wildman–Crippen MR) is 79.5 cm³/mol. The molecular formula is C16H28O4. The van der Waals surface area contributed by atoms with Gasteiger partial charge in [0.2, 0.25) is 0 Å². The first kappa shape index (κ1) is 18.7. The SMILES string of the molecule is CC(=CC1CCCCC1)C(=O)OC(C)(C)C.CC(=O)O. The Kier molecular flexibility index (Phi) is 8.19. The normalized spacial score (nSPS) is 16.9. The molecule has 0 aromatic carbocycles. The molecule has 1 fully saturated rings. The molecule has 0 spiro atoms. The van der Waals surface area contributed by atoms with E-state index in [4.69, 9.17) is 14.6 Å². The fraction of sp³-hybridized carbons (Fsp3) is 0.750. The summed E-state index contributed by atoms with van der Waals surface area (Å²) < 4.78 is 5.33. The number of carbonyl (C=O) groups is 2. The minimum atomic E-state index is -0.833. The van der Waals surface area contributed by atoms with Gasteiger partial charge < -0.3 is 9.84 Å². The highest BCUT2D eigenvalue weighted by Gasteiger charge is 2.19. The van der Waals surface area contributed by atoms with Gasteiger partial charge in [-0.15, -0.1) is 0 Å². The van der Waals surface area contributed by atoms with E-state index >= 15 is 0 Å². The van der Waals surface area contributed by atoms with Crippen LogP contribution in [0.4, 0.5) is 0 Å². The molecule has 0 saturated heterocycles. The van der Waals surface area contributed by atoms with E-state index in [0.717, 1.165) is 12.5 Å².